The van der Waals surface area contributed by atoms with Crippen molar-refractivity contribution in [2.24, 2.45) is 0 Å². The van der Waals surface area contributed by atoms with Crippen LogP contribution in [0.15, 0.2) is 48.1 Å². The minimum absolute atomic E-state index is 0.272. The molecule has 0 saturated heterocycles. The summed E-state index contributed by atoms with van der Waals surface area (Å²) >= 11 is 1.28. The summed E-state index contributed by atoms with van der Waals surface area (Å²) < 4.78 is 0. The number of hydrogen-bond acceptors (Lipinski definition) is 6. The molecule has 1 aromatic carbocycles. The van der Waals surface area contributed by atoms with Crippen molar-refractivity contribution < 1.29 is 15.2 Å². The number of thioether (sulfide) groups is 1. The molecule has 0 fully saturated rings. The van der Waals surface area contributed by atoms with Crippen LogP contribution in [0.1, 0.15) is 16.5 Å². The molecule has 2 aromatic rings. The standard InChI is InChI=1S/C14H11N3O4S/c18-12-4-3-9(6-13(12)19)11-8-22-14(16(11)17(20)21)10-2-1-5-15-7-10/h1-8,14,18-19H. The molecule has 3 rings (SSSR count). The molecule has 1 aromatic heterocycles. The summed E-state index contributed by atoms with van der Waals surface area (Å²) in [6, 6.07) is 7.60. The maximum absolute atomic E-state index is 11.5. The molecule has 1 aliphatic heterocycles. The van der Waals surface area contributed by atoms with Gasteiger partial charge in [-0.05, 0) is 24.3 Å². The van der Waals surface area contributed by atoms with Crippen LogP contribution >= 0.6 is 11.8 Å². The number of nitro groups is 1. The van der Waals surface area contributed by atoms with Crippen LogP contribution in [0, 0.1) is 10.1 Å². The molecular formula is C14H11N3O4S. The Morgan fingerprint density at radius 1 is 1.27 bits per heavy atom. The van der Waals surface area contributed by atoms with E-state index in [1.807, 2.05) is 0 Å². The van der Waals surface area contributed by atoms with Gasteiger partial charge in [0, 0.05) is 28.9 Å². The summed E-state index contributed by atoms with van der Waals surface area (Å²) in [6.07, 6.45) is 3.19. The molecule has 22 heavy (non-hydrogen) atoms. The Hall–Kier alpha value is -2.74. The van der Waals surface area contributed by atoms with Crippen LogP contribution in [0.4, 0.5) is 0 Å². The van der Waals surface area contributed by atoms with Crippen molar-refractivity contribution in [3.8, 4) is 11.5 Å². The first-order chi connectivity index (χ1) is 10.6. The molecule has 1 aliphatic rings. The van der Waals surface area contributed by atoms with Gasteiger partial charge in [-0.25, -0.2) is 10.1 Å². The minimum Gasteiger partial charge on any atom is -0.504 e. The molecule has 2 heterocycles. The number of benzene rings is 1. The van der Waals surface area contributed by atoms with Gasteiger partial charge in [0.25, 0.3) is 0 Å². The predicted molar refractivity (Wildman–Crippen MR) is 81.2 cm³/mol. The van der Waals surface area contributed by atoms with Crippen molar-refractivity contribution in [3.05, 3.63) is 69.4 Å². The lowest BCUT2D eigenvalue weighted by molar-refractivity contribution is -0.638. The first kappa shape index (κ1) is 14.2. The molecular weight excluding hydrogens is 306 g/mol. The quantitative estimate of drug-likeness (QED) is 0.510. The summed E-state index contributed by atoms with van der Waals surface area (Å²) in [7, 11) is 0. The van der Waals surface area contributed by atoms with E-state index in [0.29, 0.717) is 16.8 Å². The van der Waals surface area contributed by atoms with Gasteiger partial charge in [-0.1, -0.05) is 22.8 Å². The van der Waals surface area contributed by atoms with Crippen molar-refractivity contribution >= 4 is 17.5 Å². The summed E-state index contributed by atoms with van der Waals surface area (Å²) in [5.74, 6) is -0.594. The van der Waals surface area contributed by atoms with Crippen molar-refractivity contribution in [2.45, 2.75) is 5.37 Å². The molecule has 0 spiro atoms. The Morgan fingerprint density at radius 3 is 2.73 bits per heavy atom. The van der Waals surface area contributed by atoms with E-state index in [4.69, 9.17) is 0 Å². The maximum atomic E-state index is 11.5. The normalized spacial score (nSPS) is 17.4. The SMILES string of the molecule is O=[N+]([O-])N1C(c2ccc(O)c(O)c2)=CSC1c1cccnc1. The van der Waals surface area contributed by atoms with E-state index in [2.05, 4.69) is 4.98 Å². The lowest BCUT2D eigenvalue weighted by Crippen LogP contribution is -2.28. The monoisotopic (exact) mass is 317 g/mol. The van der Waals surface area contributed by atoms with E-state index in [1.54, 1.807) is 29.9 Å². The van der Waals surface area contributed by atoms with E-state index < -0.39 is 10.4 Å². The van der Waals surface area contributed by atoms with Gasteiger partial charge >= 0.3 is 0 Å². The van der Waals surface area contributed by atoms with Crippen molar-refractivity contribution in [3.63, 3.8) is 0 Å². The second-order valence-electron chi connectivity index (χ2n) is 4.56. The second-order valence-corrected chi connectivity index (χ2v) is 5.52. The molecule has 1 atom stereocenters. The number of phenolic OH excluding ortho intramolecular Hbond substituents is 2. The molecule has 2 N–H and O–H groups in total. The average molecular weight is 317 g/mol. The van der Waals surface area contributed by atoms with Crippen LogP contribution in [0.5, 0.6) is 11.5 Å². The molecule has 7 nitrogen and oxygen atoms in total. The van der Waals surface area contributed by atoms with Crippen LogP contribution in [0.3, 0.4) is 0 Å². The topological polar surface area (TPSA) is 99.7 Å². The zero-order chi connectivity index (χ0) is 15.7. The highest BCUT2D eigenvalue weighted by Gasteiger charge is 2.38. The molecule has 0 amide bonds. The number of hydrogen-bond donors (Lipinski definition) is 2. The number of aromatic nitrogens is 1. The fourth-order valence-corrected chi connectivity index (χ4v) is 3.27. The highest BCUT2D eigenvalue weighted by Crippen LogP contribution is 2.46. The molecule has 0 saturated carbocycles. The fraction of sp³-hybridized carbons (Fsp3) is 0.0714. The number of phenols is 2. The van der Waals surface area contributed by atoms with Gasteiger partial charge in [0.2, 0.25) is 0 Å². The number of aromatic hydroxyl groups is 2. The van der Waals surface area contributed by atoms with Crippen molar-refractivity contribution in [1.82, 2.24) is 9.99 Å². The van der Waals surface area contributed by atoms with E-state index in [-0.39, 0.29) is 11.5 Å². The Bertz CT molecular complexity index is 751. The third-order valence-electron chi connectivity index (χ3n) is 3.19. The average Bonchev–Trinajstić information content (AvgIpc) is 2.96. The Kier molecular flexibility index (Phi) is 3.60. The molecule has 0 aliphatic carbocycles. The Labute approximate surface area is 129 Å². The molecule has 8 heteroatoms. The predicted octanol–water partition coefficient (Wildman–Crippen LogP) is 2.73. The highest BCUT2D eigenvalue weighted by molar-refractivity contribution is 8.02. The number of rotatable bonds is 3. The van der Waals surface area contributed by atoms with Crippen molar-refractivity contribution in [2.75, 3.05) is 0 Å². The maximum Gasteiger partial charge on any atom is 0.171 e. The van der Waals surface area contributed by atoms with E-state index in [0.717, 1.165) is 5.01 Å². The summed E-state index contributed by atoms with van der Waals surface area (Å²) in [6.45, 7) is 0. The zero-order valence-corrected chi connectivity index (χ0v) is 12.0. The van der Waals surface area contributed by atoms with Gasteiger partial charge in [0.15, 0.2) is 21.9 Å². The highest BCUT2D eigenvalue weighted by atomic mass is 32.2. The van der Waals surface area contributed by atoms with Gasteiger partial charge in [-0.2, -0.15) is 0 Å². The van der Waals surface area contributed by atoms with Crippen LogP contribution in [-0.4, -0.2) is 25.2 Å². The van der Waals surface area contributed by atoms with Crippen LogP contribution in [-0.2, 0) is 0 Å². The van der Waals surface area contributed by atoms with E-state index in [1.165, 1.54) is 30.0 Å². The third kappa shape index (κ3) is 2.44. The van der Waals surface area contributed by atoms with Gasteiger partial charge < -0.3 is 10.2 Å². The number of hydrazine groups is 1. The van der Waals surface area contributed by atoms with Gasteiger partial charge in [-0.3, -0.25) is 4.98 Å². The smallest absolute Gasteiger partial charge is 0.171 e. The fourth-order valence-electron chi connectivity index (χ4n) is 2.17. The van der Waals surface area contributed by atoms with Crippen LogP contribution in [0.25, 0.3) is 5.70 Å². The Balaban J connectivity index is 1.98. The number of pyridine rings is 1. The third-order valence-corrected chi connectivity index (χ3v) is 4.28. The number of nitrogens with zero attached hydrogens (tertiary/aromatic N) is 3. The lowest BCUT2D eigenvalue weighted by atomic mass is 10.1. The van der Waals surface area contributed by atoms with Crippen LogP contribution < -0.4 is 0 Å². The van der Waals surface area contributed by atoms with E-state index >= 15 is 0 Å². The Morgan fingerprint density at radius 2 is 2.09 bits per heavy atom. The largest absolute Gasteiger partial charge is 0.504 e. The first-order valence-corrected chi connectivity index (χ1v) is 7.23. The van der Waals surface area contributed by atoms with E-state index in [9.17, 15) is 20.3 Å². The molecule has 1 unspecified atom stereocenters. The zero-order valence-electron chi connectivity index (χ0n) is 11.2. The van der Waals surface area contributed by atoms with Gasteiger partial charge in [-0.15, -0.1) is 0 Å². The first-order valence-electron chi connectivity index (χ1n) is 6.29. The minimum atomic E-state index is -0.533. The summed E-state index contributed by atoms with van der Waals surface area (Å²) in [4.78, 5) is 15.5. The molecule has 0 bridgehead atoms. The summed E-state index contributed by atoms with van der Waals surface area (Å²) in [5, 5.41) is 32.1. The second kappa shape index (κ2) is 5.57. The van der Waals surface area contributed by atoms with Crippen molar-refractivity contribution in [1.29, 1.82) is 0 Å². The van der Waals surface area contributed by atoms with Gasteiger partial charge in [0.1, 0.15) is 5.70 Å². The van der Waals surface area contributed by atoms with Gasteiger partial charge in [0.05, 0.1) is 0 Å². The molecule has 0 radical (unpaired) electrons. The lowest BCUT2D eigenvalue weighted by Gasteiger charge is -2.19. The summed E-state index contributed by atoms with van der Waals surface area (Å²) in [5.41, 5.74) is 1.50. The molecule has 112 valence electrons. The van der Waals surface area contributed by atoms with Crippen LogP contribution in [0.2, 0.25) is 0 Å².